The molecule has 3 nitrogen and oxygen atoms in total. The Bertz CT molecular complexity index is 495. The van der Waals surface area contributed by atoms with E-state index in [1.807, 2.05) is 31.2 Å². The molecule has 1 aliphatic carbocycles. The van der Waals surface area contributed by atoms with Gasteiger partial charge < -0.3 is 5.32 Å². The minimum absolute atomic E-state index is 0.0773. The predicted octanol–water partition coefficient (Wildman–Crippen LogP) is 2.94. The first kappa shape index (κ1) is 16.2. The molecule has 2 rings (SSSR count). The monoisotopic (exact) mass is 307 g/mol. The molecule has 116 valence electrons. The number of benzene rings is 1. The highest BCUT2D eigenvalue weighted by Gasteiger charge is 2.15. The molecule has 1 aliphatic rings. The lowest BCUT2D eigenvalue weighted by Crippen LogP contribution is -2.33. The lowest BCUT2D eigenvalue weighted by atomic mass is 9.89. The fourth-order valence-electron chi connectivity index (χ4n) is 2.89. The molecule has 1 unspecified atom stereocenters. The minimum atomic E-state index is -1.13. The Labute approximate surface area is 130 Å². The first-order valence-electron chi connectivity index (χ1n) is 7.80. The van der Waals surface area contributed by atoms with E-state index in [1.165, 1.54) is 32.1 Å². The molecule has 1 atom stereocenters. The van der Waals surface area contributed by atoms with Crippen LogP contribution in [0.4, 0.5) is 0 Å². The van der Waals surface area contributed by atoms with E-state index in [9.17, 15) is 9.00 Å². The maximum absolute atomic E-state index is 12.0. The quantitative estimate of drug-likeness (QED) is 0.878. The number of hydrogen-bond donors (Lipinski definition) is 1. The fraction of sp³-hybridized carbons (Fsp3) is 0.588. The van der Waals surface area contributed by atoms with Gasteiger partial charge in [-0.3, -0.25) is 9.00 Å². The van der Waals surface area contributed by atoms with Crippen LogP contribution >= 0.6 is 0 Å². The van der Waals surface area contributed by atoms with Gasteiger partial charge in [0.05, 0.1) is 0 Å². The van der Waals surface area contributed by atoms with Gasteiger partial charge in [0.2, 0.25) is 5.91 Å². The summed E-state index contributed by atoms with van der Waals surface area (Å²) in [5.41, 5.74) is 2.19. The van der Waals surface area contributed by atoms with Crippen molar-refractivity contribution in [3.63, 3.8) is 0 Å². The molecule has 1 saturated carbocycles. The van der Waals surface area contributed by atoms with Gasteiger partial charge in [-0.25, -0.2) is 0 Å². The Morgan fingerprint density at radius 3 is 2.76 bits per heavy atom. The smallest absolute Gasteiger partial charge is 0.232 e. The summed E-state index contributed by atoms with van der Waals surface area (Å²) < 4.78 is 12.0. The Hall–Kier alpha value is -1.16. The first-order chi connectivity index (χ1) is 10.1. The second kappa shape index (κ2) is 8.32. The van der Waals surface area contributed by atoms with Crippen LogP contribution in [0.1, 0.15) is 43.2 Å². The molecule has 1 amide bonds. The molecule has 4 heteroatoms. The molecule has 1 fully saturated rings. The van der Waals surface area contributed by atoms with Crippen LogP contribution in [0.3, 0.4) is 0 Å². The molecule has 21 heavy (non-hydrogen) atoms. The van der Waals surface area contributed by atoms with Crippen LogP contribution in [0, 0.1) is 12.8 Å². The molecule has 1 N–H and O–H groups in total. The number of hydrogen-bond acceptors (Lipinski definition) is 2. The van der Waals surface area contributed by atoms with E-state index in [1.54, 1.807) is 0 Å². The van der Waals surface area contributed by atoms with Crippen LogP contribution in [0.5, 0.6) is 0 Å². The van der Waals surface area contributed by atoms with Crippen molar-refractivity contribution in [1.29, 1.82) is 0 Å². The molecular formula is C17H25NO2S. The summed E-state index contributed by atoms with van der Waals surface area (Å²) >= 11 is 0. The van der Waals surface area contributed by atoms with Gasteiger partial charge in [-0.2, -0.15) is 0 Å². The van der Waals surface area contributed by atoms with E-state index in [-0.39, 0.29) is 11.7 Å². The lowest BCUT2D eigenvalue weighted by molar-refractivity contribution is -0.118. The van der Waals surface area contributed by atoms with Crippen molar-refractivity contribution in [3.8, 4) is 0 Å². The van der Waals surface area contributed by atoms with Crippen LogP contribution in [-0.4, -0.2) is 22.4 Å². The normalized spacial score (nSPS) is 17.4. The molecule has 0 bridgehead atoms. The summed E-state index contributed by atoms with van der Waals surface area (Å²) in [4.78, 5) is 11.8. The van der Waals surface area contributed by atoms with Crippen LogP contribution in [-0.2, 0) is 21.3 Å². The van der Waals surface area contributed by atoms with Crippen molar-refractivity contribution >= 4 is 16.7 Å². The van der Waals surface area contributed by atoms with Gasteiger partial charge in [-0.1, -0.05) is 49.1 Å². The van der Waals surface area contributed by atoms with Crippen molar-refractivity contribution < 1.29 is 9.00 Å². The summed E-state index contributed by atoms with van der Waals surface area (Å²) in [6, 6.07) is 7.97. The summed E-state index contributed by atoms with van der Waals surface area (Å²) in [6.45, 7) is 2.77. The molecule has 1 aromatic rings. The van der Waals surface area contributed by atoms with Gasteiger partial charge in [-0.05, 0) is 31.2 Å². The van der Waals surface area contributed by atoms with E-state index >= 15 is 0 Å². The Morgan fingerprint density at radius 1 is 1.29 bits per heavy atom. The number of aryl methyl sites for hydroxylation is 1. The van der Waals surface area contributed by atoms with Gasteiger partial charge in [0.1, 0.15) is 5.75 Å². The highest BCUT2D eigenvalue weighted by molar-refractivity contribution is 7.84. The van der Waals surface area contributed by atoms with Crippen molar-refractivity contribution in [2.24, 2.45) is 5.92 Å². The summed E-state index contributed by atoms with van der Waals surface area (Å²) in [7, 11) is -1.13. The van der Waals surface area contributed by atoms with E-state index in [4.69, 9.17) is 0 Å². The van der Waals surface area contributed by atoms with Crippen LogP contribution in [0.25, 0.3) is 0 Å². The maximum Gasteiger partial charge on any atom is 0.232 e. The standard InChI is InChI=1S/C17H25NO2S/c1-14-6-5-9-16(10-14)12-21(20)13-17(19)18-11-15-7-3-2-4-8-15/h5-6,9-10,15H,2-4,7-8,11-13H2,1H3,(H,18,19). The third-order valence-electron chi connectivity index (χ3n) is 4.01. The summed E-state index contributed by atoms with van der Waals surface area (Å²) in [6.07, 6.45) is 6.31. The molecule has 0 saturated heterocycles. The summed E-state index contributed by atoms with van der Waals surface area (Å²) in [5.74, 6) is 1.11. The number of nitrogens with one attached hydrogen (secondary N) is 1. The van der Waals surface area contributed by atoms with Crippen molar-refractivity contribution in [1.82, 2.24) is 5.32 Å². The third-order valence-corrected chi connectivity index (χ3v) is 5.25. The zero-order valence-corrected chi connectivity index (χ0v) is 13.6. The number of amides is 1. The van der Waals surface area contributed by atoms with Gasteiger partial charge in [0.25, 0.3) is 0 Å². The van der Waals surface area contributed by atoms with Gasteiger partial charge in [-0.15, -0.1) is 0 Å². The average molecular weight is 307 g/mol. The van der Waals surface area contributed by atoms with Gasteiger partial charge >= 0.3 is 0 Å². The van der Waals surface area contributed by atoms with Gasteiger partial charge in [0, 0.05) is 23.1 Å². The molecule has 0 aromatic heterocycles. The third kappa shape index (κ3) is 6.00. The number of carbonyl (C=O) groups is 1. The lowest BCUT2D eigenvalue weighted by Gasteiger charge is -2.21. The van der Waals surface area contributed by atoms with E-state index in [0.717, 1.165) is 17.7 Å². The Morgan fingerprint density at radius 2 is 2.05 bits per heavy atom. The van der Waals surface area contributed by atoms with Crippen LogP contribution < -0.4 is 5.32 Å². The Kier molecular flexibility index (Phi) is 6.43. The van der Waals surface area contributed by atoms with E-state index in [2.05, 4.69) is 5.32 Å². The predicted molar refractivity (Wildman–Crippen MR) is 87.5 cm³/mol. The molecule has 0 heterocycles. The number of rotatable bonds is 6. The van der Waals surface area contributed by atoms with Crippen LogP contribution in [0.15, 0.2) is 24.3 Å². The van der Waals surface area contributed by atoms with Crippen LogP contribution in [0.2, 0.25) is 0 Å². The van der Waals surface area contributed by atoms with Crippen molar-refractivity contribution in [3.05, 3.63) is 35.4 Å². The maximum atomic E-state index is 12.0. The molecule has 0 aliphatic heterocycles. The molecule has 0 radical (unpaired) electrons. The largest absolute Gasteiger partial charge is 0.355 e. The summed E-state index contributed by atoms with van der Waals surface area (Å²) in [5, 5.41) is 2.95. The zero-order chi connectivity index (χ0) is 15.1. The highest BCUT2D eigenvalue weighted by atomic mass is 32.2. The van der Waals surface area contributed by atoms with Crippen molar-refractivity contribution in [2.45, 2.75) is 44.8 Å². The average Bonchev–Trinajstić information content (AvgIpc) is 2.46. The zero-order valence-electron chi connectivity index (χ0n) is 12.8. The molecule has 1 aromatic carbocycles. The number of carbonyl (C=O) groups excluding carboxylic acids is 1. The first-order valence-corrected chi connectivity index (χ1v) is 9.29. The molecule has 0 spiro atoms. The topological polar surface area (TPSA) is 46.2 Å². The second-order valence-corrected chi connectivity index (χ2v) is 7.48. The highest BCUT2D eigenvalue weighted by Crippen LogP contribution is 2.22. The van der Waals surface area contributed by atoms with E-state index in [0.29, 0.717) is 11.7 Å². The fourth-order valence-corrected chi connectivity index (χ4v) is 3.93. The minimum Gasteiger partial charge on any atom is -0.355 e. The second-order valence-electron chi connectivity index (χ2n) is 6.03. The van der Waals surface area contributed by atoms with E-state index < -0.39 is 10.8 Å². The SMILES string of the molecule is Cc1cccc(CS(=O)CC(=O)NCC2CCCCC2)c1. The van der Waals surface area contributed by atoms with Gasteiger partial charge in [0.15, 0.2) is 0 Å². The molecular weight excluding hydrogens is 282 g/mol. The van der Waals surface area contributed by atoms with Crippen molar-refractivity contribution in [2.75, 3.05) is 12.3 Å². The Balaban J connectivity index is 1.70.